The Morgan fingerprint density at radius 2 is 1.60 bits per heavy atom. The van der Waals surface area contributed by atoms with E-state index in [-0.39, 0.29) is 30.6 Å². The third kappa shape index (κ3) is 14.7. The van der Waals surface area contributed by atoms with E-state index in [1.54, 1.807) is 35.0 Å². The highest BCUT2D eigenvalue weighted by Gasteiger charge is 2.27. The molecule has 1 aliphatic rings. The van der Waals surface area contributed by atoms with E-state index in [0.29, 0.717) is 64.3 Å². The fourth-order valence-electron chi connectivity index (χ4n) is 6.40. The van der Waals surface area contributed by atoms with Crippen LogP contribution in [0.2, 0.25) is 0 Å². The molecule has 296 valence electrons. The lowest BCUT2D eigenvalue weighted by atomic mass is 9.96. The van der Waals surface area contributed by atoms with Crippen molar-refractivity contribution in [3.63, 3.8) is 0 Å². The number of aryl methyl sites for hydroxylation is 1. The lowest BCUT2D eigenvalue weighted by Gasteiger charge is -2.30. The quantitative estimate of drug-likeness (QED) is 0.0938. The minimum Gasteiger partial charge on any atom is -0.444 e. The number of morpholine rings is 1. The number of hydrogen-bond donors (Lipinski definition) is 3. The molecule has 1 fully saturated rings. The number of rotatable bonds is 20. The van der Waals surface area contributed by atoms with Gasteiger partial charge in [0.25, 0.3) is 0 Å². The Hall–Kier alpha value is -4.37. The molecule has 55 heavy (non-hydrogen) atoms. The van der Waals surface area contributed by atoms with E-state index in [0.717, 1.165) is 40.7 Å². The minimum absolute atomic E-state index is 0.153. The van der Waals surface area contributed by atoms with Crippen LogP contribution in [-0.2, 0) is 40.3 Å². The fraction of sp³-hybridized carbons (Fsp3) is 0.488. The molecule has 4 amide bonds. The van der Waals surface area contributed by atoms with Crippen LogP contribution in [0.1, 0.15) is 72.2 Å². The molecule has 3 heterocycles. The Labute approximate surface area is 333 Å². The molecule has 2 aromatic carbocycles. The molecule has 0 spiro atoms. The van der Waals surface area contributed by atoms with Gasteiger partial charge in [-0.15, -0.1) is 22.7 Å². The third-order valence-electron chi connectivity index (χ3n) is 9.57. The molecule has 3 atom stereocenters. The summed E-state index contributed by atoms with van der Waals surface area (Å²) in [6.07, 6.45) is 4.92. The van der Waals surface area contributed by atoms with Gasteiger partial charge in [-0.2, -0.15) is 0 Å². The van der Waals surface area contributed by atoms with E-state index in [1.807, 2.05) is 53.9 Å². The lowest BCUT2D eigenvalue weighted by molar-refractivity contribution is -0.124. The number of alkyl carbamates (subject to hydrolysis) is 1. The van der Waals surface area contributed by atoms with Gasteiger partial charge in [-0.05, 0) is 49.7 Å². The first-order valence-corrected chi connectivity index (χ1v) is 20.9. The maximum absolute atomic E-state index is 14.3. The molecule has 14 heteroatoms. The van der Waals surface area contributed by atoms with Crippen molar-refractivity contribution in [1.82, 2.24) is 35.7 Å². The van der Waals surface area contributed by atoms with Gasteiger partial charge >= 0.3 is 12.1 Å². The van der Waals surface area contributed by atoms with Crippen LogP contribution in [-0.4, -0.2) is 95.8 Å². The summed E-state index contributed by atoms with van der Waals surface area (Å²) < 4.78 is 11.1. The Morgan fingerprint density at radius 3 is 2.27 bits per heavy atom. The summed E-state index contributed by atoms with van der Waals surface area (Å²) in [5.41, 5.74) is 4.80. The zero-order valence-electron chi connectivity index (χ0n) is 32.2. The second-order valence-electron chi connectivity index (χ2n) is 14.3. The van der Waals surface area contributed by atoms with Crippen LogP contribution in [0.25, 0.3) is 0 Å². The molecule has 12 nitrogen and oxygen atoms in total. The second kappa shape index (κ2) is 22.2. The number of thiazole rings is 2. The maximum atomic E-state index is 14.3. The first-order valence-electron chi connectivity index (χ1n) is 19.2. The molecule has 2 aromatic heterocycles. The van der Waals surface area contributed by atoms with Crippen molar-refractivity contribution in [1.29, 1.82) is 0 Å². The highest BCUT2D eigenvalue weighted by molar-refractivity contribution is 7.09. The summed E-state index contributed by atoms with van der Waals surface area (Å²) in [5, 5.41) is 12.5. The molecule has 0 bridgehead atoms. The highest BCUT2D eigenvalue weighted by Crippen LogP contribution is 2.20. The maximum Gasteiger partial charge on any atom is 0.407 e. The normalized spacial score (nSPS) is 14.8. The predicted molar refractivity (Wildman–Crippen MR) is 217 cm³/mol. The van der Waals surface area contributed by atoms with Crippen molar-refractivity contribution in [3.8, 4) is 0 Å². The Balaban J connectivity index is 1.27. The lowest BCUT2D eigenvalue weighted by Crippen LogP contribution is -2.53. The number of hydrogen-bond acceptors (Lipinski definition) is 10. The highest BCUT2D eigenvalue weighted by atomic mass is 32.1. The standard InChI is InChI=1S/C41H55N7O5S2/c1-30(2)39-44-35(28-54-39)26-47(3)40(50)46-37(18-19-48-20-22-52-23-21-48)38(49)43-33(15-14-31-10-6-4-7-11-31)16-17-34(24-32-12-8-5-9-13-32)45-41(51)53-27-36-25-42-29-55-36/h4-13,25,28-30,33-34,37H,14-24,26-27H2,1-3H3,(H,43,49)(H,45,51)(H,46,50)/t33-,34+,37-/m0/s1. The molecular formula is C41H55N7O5S2. The molecule has 4 aromatic rings. The summed E-state index contributed by atoms with van der Waals surface area (Å²) in [6, 6.07) is 18.7. The van der Waals surface area contributed by atoms with Gasteiger partial charge in [0.1, 0.15) is 12.6 Å². The van der Waals surface area contributed by atoms with E-state index >= 15 is 0 Å². The number of carbonyl (C=O) groups excluding carboxylic acids is 3. The largest absolute Gasteiger partial charge is 0.444 e. The summed E-state index contributed by atoms with van der Waals surface area (Å²) >= 11 is 3.03. The number of urea groups is 1. The van der Waals surface area contributed by atoms with Crippen LogP contribution in [0.5, 0.6) is 0 Å². The molecule has 3 N–H and O–H groups in total. The van der Waals surface area contributed by atoms with Gasteiger partial charge in [0.05, 0.1) is 40.8 Å². The summed E-state index contributed by atoms with van der Waals surface area (Å²) in [6.45, 7) is 8.21. The van der Waals surface area contributed by atoms with Gasteiger partial charge in [0.2, 0.25) is 5.91 Å². The minimum atomic E-state index is -0.751. The molecule has 0 radical (unpaired) electrons. The van der Waals surface area contributed by atoms with Gasteiger partial charge in [0, 0.05) is 56.3 Å². The molecule has 1 saturated heterocycles. The van der Waals surface area contributed by atoms with Crippen LogP contribution >= 0.6 is 22.7 Å². The third-order valence-corrected chi connectivity index (χ3v) is 11.5. The smallest absolute Gasteiger partial charge is 0.407 e. The van der Waals surface area contributed by atoms with Crippen molar-refractivity contribution >= 4 is 40.7 Å². The predicted octanol–water partition coefficient (Wildman–Crippen LogP) is 6.39. The van der Waals surface area contributed by atoms with Gasteiger partial charge in [0.15, 0.2) is 0 Å². The van der Waals surface area contributed by atoms with Crippen molar-refractivity contribution in [2.75, 3.05) is 39.9 Å². The van der Waals surface area contributed by atoms with Crippen molar-refractivity contribution in [3.05, 3.63) is 104 Å². The van der Waals surface area contributed by atoms with Gasteiger partial charge in [-0.3, -0.25) is 14.7 Å². The number of nitrogens with zero attached hydrogens (tertiary/aromatic N) is 4. The topological polar surface area (TPSA) is 138 Å². The molecule has 0 saturated carbocycles. The number of aromatic nitrogens is 2. The zero-order valence-corrected chi connectivity index (χ0v) is 33.8. The van der Waals surface area contributed by atoms with Crippen molar-refractivity contribution < 1.29 is 23.9 Å². The van der Waals surface area contributed by atoms with Crippen molar-refractivity contribution in [2.24, 2.45) is 0 Å². The van der Waals surface area contributed by atoms with Crippen LogP contribution in [0.15, 0.2) is 77.8 Å². The van der Waals surface area contributed by atoms with Crippen LogP contribution in [0, 0.1) is 0 Å². The molecule has 0 unspecified atom stereocenters. The van der Waals surface area contributed by atoms with Crippen LogP contribution < -0.4 is 16.0 Å². The molecular weight excluding hydrogens is 735 g/mol. The van der Waals surface area contributed by atoms with Gasteiger partial charge in [-0.25, -0.2) is 14.6 Å². The average Bonchev–Trinajstić information content (AvgIpc) is 3.91. The summed E-state index contributed by atoms with van der Waals surface area (Å²) in [7, 11) is 1.73. The number of carbonyl (C=O) groups is 3. The van der Waals surface area contributed by atoms with Crippen LogP contribution in [0.3, 0.4) is 0 Å². The van der Waals surface area contributed by atoms with E-state index in [1.165, 1.54) is 16.9 Å². The fourth-order valence-corrected chi connectivity index (χ4v) is 7.73. The number of nitrogens with one attached hydrogen (secondary N) is 3. The summed E-state index contributed by atoms with van der Waals surface area (Å²) in [4.78, 5) is 54.3. The number of benzene rings is 2. The van der Waals surface area contributed by atoms with Crippen molar-refractivity contribution in [2.45, 2.75) is 89.6 Å². The number of ether oxygens (including phenoxy) is 2. The monoisotopic (exact) mass is 789 g/mol. The SMILES string of the molecule is CC(C)c1nc(CN(C)C(=O)N[C@@H](CCN2CCOCC2)C(=O)N[C@@H](CCc2ccccc2)CC[C@H](Cc2ccccc2)NC(=O)OCc2cncs2)cs1. The van der Waals surface area contributed by atoms with E-state index in [9.17, 15) is 14.4 Å². The first kappa shape index (κ1) is 41.8. The second-order valence-corrected chi connectivity index (χ2v) is 16.2. The van der Waals surface area contributed by atoms with E-state index in [2.05, 4.69) is 51.8 Å². The number of amides is 4. The van der Waals surface area contributed by atoms with E-state index in [4.69, 9.17) is 14.5 Å². The average molecular weight is 790 g/mol. The Bertz CT molecular complexity index is 1720. The Morgan fingerprint density at radius 1 is 0.891 bits per heavy atom. The molecule has 5 rings (SSSR count). The molecule has 1 aliphatic heterocycles. The van der Waals surface area contributed by atoms with E-state index < -0.39 is 12.1 Å². The van der Waals surface area contributed by atoms with Crippen LogP contribution in [0.4, 0.5) is 9.59 Å². The Kier molecular flexibility index (Phi) is 16.9. The summed E-state index contributed by atoms with van der Waals surface area (Å²) in [5.74, 6) is 0.0914. The zero-order chi connectivity index (χ0) is 38.8. The van der Waals surface area contributed by atoms with Gasteiger partial charge < -0.3 is 30.3 Å². The first-order chi connectivity index (χ1) is 26.7. The molecule has 0 aliphatic carbocycles. The van der Waals surface area contributed by atoms with Gasteiger partial charge in [-0.1, -0.05) is 74.5 Å².